The first-order valence-electron chi connectivity index (χ1n) is 9.41. The van der Waals surface area contributed by atoms with Gasteiger partial charge in [-0.2, -0.15) is 0 Å². The van der Waals surface area contributed by atoms with Gasteiger partial charge in [0, 0.05) is 10.0 Å². The molecule has 1 aliphatic carbocycles. The summed E-state index contributed by atoms with van der Waals surface area (Å²) < 4.78 is 1.89. The first kappa shape index (κ1) is 20.3. The Kier molecular flexibility index (Phi) is 5.94. The second-order valence-corrected chi connectivity index (χ2v) is 9.34. The number of nitrogens with two attached hydrogens (primary N) is 1. The van der Waals surface area contributed by atoms with Crippen molar-refractivity contribution in [2.24, 2.45) is 11.1 Å². The smallest absolute Gasteiger partial charge is 0.171 e. The standard InChI is InChI=1S/C20H27Cl2N5/c1-19(2,3)17(10-8-14-7-9-15(21)13-16(14)22)27-18(24-25-26-27)20(23)11-5-4-6-12-20/h7-10,13,17H,4-6,11-12,23H2,1-3H3/b10-8+/t17-/m1/s1. The van der Waals surface area contributed by atoms with Gasteiger partial charge in [-0.05, 0) is 46.4 Å². The van der Waals surface area contributed by atoms with Gasteiger partial charge in [-0.25, -0.2) is 4.68 Å². The van der Waals surface area contributed by atoms with Crippen LogP contribution in [0.5, 0.6) is 0 Å². The van der Waals surface area contributed by atoms with Crippen molar-refractivity contribution >= 4 is 29.3 Å². The molecule has 0 radical (unpaired) electrons. The molecule has 7 heteroatoms. The topological polar surface area (TPSA) is 69.6 Å². The van der Waals surface area contributed by atoms with Crippen molar-refractivity contribution in [2.75, 3.05) is 0 Å². The minimum Gasteiger partial charge on any atom is -0.319 e. The van der Waals surface area contributed by atoms with Gasteiger partial charge >= 0.3 is 0 Å². The molecule has 0 spiro atoms. The Labute approximate surface area is 170 Å². The minimum absolute atomic E-state index is 0.0587. The van der Waals surface area contributed by atoms with Gasteiger partial charge in [0.25, 0.3) is 0 Å². The van der Waals surface area contributed by atoms with E-state index in [4.69, 9.17) is 28.9 Å². The van der Waals surface area contributed by atoms with E-state index in [1.165, 1.54) is 6.42 Å². The lowest BCUT2D eigenvalue weighted by Crippen LogP contribution is -2.43. The predicted molar refractivity (Wildman–Crippen MR) is 111 cm³/mol. The highest BCUT2D eigenvalue weighted by molar-refractivity contribution is 6.35. The summed E-state index contributed by atoms with van der Waals surface area (Å²) in [6.45, 7) is 6.50. The number of rotatable bonds is 4. The van der Waals surface area contributed by atoms with Gasteiger partial charge in [0.15, 0.2) is 5.82 Å². The monoisotopic (exact) mass is 407 g/mol. The van der Waals surface area contributed by atoms with Crippen molar-refractivity contribution in [1.29, 1.82) is 0 Å². The Morgan fingerprint density at radius 2 is 1.89 bits per heavy atom. The van der Waals surface area contributed by atoms with Crippen LogP contribution in [0.1, 0.15) is 70.3 Å². The van der Waals surface area contributed by atoms with Crippen molar-refractivity contribution in [1.82, 2.24) is 20.2 Å². The Morgan fingerprint density at radius 1 is 1.19 bits per heavy atom. The number of tetrazole rings is 1. The lowest BCUT2D eigenvalue weighted by molar-refractivity contribution is 0.226. The number of hydrogen-bond donors (Lipinski definition) is 1. The lowest BCUT2D eigenvalue weighted by Gasteiger charge is -2.35. The number of hydrogen-bond acceptors (Lipinski definition) is 4. The molecular weight excluding hydrogens is 381 g/mol. The summed E-state index contributed by atoms with van der Waals surface area (Å²) in [5, 5.41) is 13.9. The molecule has 0 unspecified atom stereocenters. The molecule has 0 saturated heterocycles. The first-order chi connectivity index (χ1) is 12.7. The summed E-state index contributed by atoms with van der Waals surface area (Å²) in [6.07, 6.45) is 9.37. The molecule has 1 atom stereocenters. The number of allylic oxidation sites excluding steroid dienone is 1. The number of benzene rings is 1. The van der Waals surface area contributed by atoms with Crippen LogP contribution in [-0.2, 0) is 5.54 Å². The molecule has 2 N–H and O–H groups in total. The van der Waals surface area contributed by atoms with Gasteiger partial charge in [-0.3, -0.25) is 0 Å². The third-order valence-corrected chi connectivity index (χ3v) is 5.82. The van der Waals surface area contributed by atoms with Crippen molar-refractivity contribution in [3.8, 4) is 0 Å². The van der Waals surface area contributed by atoms with Crippen LogP contribution in [-0.4, -0.2) is 20.2 Å². The predicted octanol–water partition coefficient (Wildman–Crippen LogP) is 5.40. The SMILES string of the molecule is CC(C)(C)[C@@H](/C=C/c1ccc(Cl)cc1Cl)n1nnnc1C1(N)CCCCC1. The van der Waals surface area contributed by atoms with E-state index < -0.39 is 5.54 Å². The van der Waals surface area contributed by atoms with E-state index in [0.717, 1.165) is 37.1 Å². The van der Waals surface area contributed by atoms with Crippen molar-refractivity contribution in [3.05, 3.63) is 45.7 Å². The van der Waals surface area contributed by atoms with Crippen LogP contribution in [0.3, 0.4) is 0 Å². The van der Waals surface area contributed by atoms with E-state index in [-0.39, 0.29) is 11.5 Å². The summed E-state index contributed by atoms with van der Waals surface area (Å²) >= 11 is 12.3. The lowest BCUT2D eigenvalue weighted by atomic mass is 9.80. The molecule has 27 heavy (non-hydrogen) atoms. The molecule has 0 bridgehead atoms. The second kappa shape index (κ2) is 7.90. The summed E-state index contributed by atoms with van der Waals surface area (Å²) in [5.74, 6) is 0.772. The highest BCUT2D eigenvalue weighted by Crippen LogP contribution is 2.38. The summed E-state index contributed by atoms with van der Waals surface area (Å²) in [7, 11) is 0. The largest absolute Gasteiger partial charge is 0.319 e. The van der Waals surface area contributed by atoms with Gasteiger partial charge in [-0.15, -0.1) is 5.10 Å². The van der Waals surface area contributed by atoms with Crippen LogP contribution in [0, 0.1) is 5.41 Å². The molecular formula is C20H27Cl2N5. The minimum atomic E-state index is -0.461. The highest BCUT2D eigenvalue weighted by Gasteiger charge is 2.38. The normalized spacial score (nSPS) is 18.7. The fraction of sp³-hybridized carbons (Fsp3) is 0.550. The molecule has 0 aliphatic heterocycles. The van der Waals surface area contributed by atoms with Crippen molar-refractivity contribution in [3.63, 3.8) is 0 Å². The van der Waals surface area contributed by atoms with Gasteiger partial charge in [0.05, 0.1) is 11.6 Å². The Bertz CT molecular complexity index is 816. The van der Waals surface area contributed by atoms with Crippen LogP contribution in [0.15, 0.2) is 24.3 Å². The van der Waals surface area contributed by atoms with E-state index in [9.17, 15) is 0 Å². The molecule has 0 amide bonds. The average molecular weight is 408 g/mol. The third kappa shape index (κ3) is 4.53. The summed E-state index contributed by atoms with van der Waals surface area (Å²) in [4.78, 5) is 0. The molecule has 1 aliphatic rings. The number of aromatic nitrogens is 4. The fourth-order valence-corrected chi connectivity index (χ4v) is 4.16. The number of nitrogens with zero attached hydrogens (tertiary/aromatic N) is 4. The molecule has 2 aromatic rings. The van der Waals surface area contributed by atoms with E-state index in [1.54, 1.807) is 6.07 Å². The fourth-order valence-electron chi connectivity index (χ4n) is 3.68. The molecule has 146 valence electrons. The third-order valence-electron chi connectivity index (χ3n) is 5.26. The Balaban J connectivity index is 1.97. The Hall–Kier alpha value is -1.43. The Morgan fingerprint density at radius 3 is 2.52 bits per heavy atom. The quantitative estimate of drug-likeness (QED) is 0.736. The van der Waals surface area contributed by atoms with Crippen molar-refractivity contribution in [2.45, 2.75) is 64.5 Å². The van der Waals surface area contributed by atoms with Gasteiger partial charge in [-0.1, -0.05) is 81.5 Å². The molecule has 1 saturated carbocycles. The zero-order chi connectivity index (χ0) is 19.7. The van der Waals surface area contributed by atoms with E-state index in [2.05, 4.69) is 42.4 Å². The van der Waals surface area contributed by atoms with Crippen LogP contribution >= 0.6 is 23.2 Å². The summed E-state index contributed by atoms with van der Waals surface area (Å²) in [6, 6.07) is 5.43. The van der Waals surface area contributed by atoms with Gasteiger partial charge < -0.3 is 5.73 Å². The van der Waals surface area contributed by atoms with Crippen LogP contribution in [0.4, 0.5) is 0 Å². The van der Waals surface area contributed by atoms with Gasteiger partial charge in [0.2, 0.25) is 0 Å². The van der Waals surface area contributed by atoms with E-state index in [0.29, 0.717) is 10.0 Å². The van der Waals surface area contributed by atoms with Crippen LogP contribution < -0.4 is 5.73 Å². The molecule has 1 aromatic carbocycles. The maximum absolute atomic E-state index is 6.73. The molecule has 1 aromatic heterocycles. The van der Waals surface area contributed by atoms with Gasteiger partial charge in [0.1, 0.15) is 0 Å². The highest BCUT2D eigenvalue weighted by atomic mass is 35.5. The van der Waals surface area contributed by atoms with Crippen molar-refractivity contribution < 1.29 is 0 Å². The van der Waals surface area contributed by atoms with E-state index in [1.807, 2.05) is 22.9 Å². The zero-order valence-corrected chi connectivity index (χ0v) is 17.6. The second-order valence-electron chi connectivity index (χ2n) is 8.50. The van der Waals surface area contributed by atoms with Crippen LogP contribution in [0.2, 0.25) is 10.0 Å². The maximum Gasteiger partial charge on any atom is 0.171 e. The number of halogens is 2. The summed E-state index contributed by atoms with van der Waals surface area (Å²) in [5.41, 5.74) is 7.07. The molecule has 5 nitrogen and oxygen atoms in total. The molecule has 1 heterocycles. The average Bonchev–Trinajstić information content (AvgIpc) is 3.06. The maximum atomic E-state index is 6.73. The first-order valence-corrected chi connectivity index (χ1v) is 10.2. The molecule has 3 rings (SSSR count). The molecule has 1 fully saturated rings. The zero-order valence-electron chi connectivity index (χ0n) is 16.1. The van der Waals surface area contributed by atoms with E-state index >= 15 is 0 Å². The van der Waals surface area contributed by atoms with Crippen LogP contribution in [0.25, 0.3) is 6.08 Å².